The van der Waals surface area contributed by atoms with E-state index >= 15 is 0 Å². The molecule has 176 valence electrons. The van der Waals surface area contributed by atoms with Gasteiger partial charge in [0.25, 0.3) is 5.56 Å². The lowest BCUT2D eigenvalue weighted by Crippen LogP contribution is -2.32. The molecule has 1 aromatic heterocycles. The number of halogens is 1. The zero-order valence-electron chi connectivity index (χ0n) is 19.1. The second-order valence-electron chi connectivity index (χ2n) is 8.17. The Morgan fingerprint density at radius 1 is 0.941 bits per heavy atom. The van der Waals surface area contributed by atoms with Crippen molar-refractivity contribution in [3.05, 3.63) is 105 Å². The Hall–Kier alpha value is -3.49. The molecule has 34 heavy (non-hydrogen) atoms. The number of aryl methyl sites for hydroxylation is 2. The van der Waals surface area contributed by atoms with Crippen LogP contribution in [0.3, 0.4) is 0 Å². The molecule has 3 aromatic carbocycles. The minimum absolute atomic E-state index is 0.0219. The molecule has 0 bridgehead atoms. The monoisotopic (exact) mass is 480 g/mol. The van der Waals surface area contributed by atoms with Crippen molar-refractivity contribution in [3.63, 3.8) is 0 Å². The van der Waals surface area contributed by atoms with E-state index in [0.717, 1.165) is 39.7 Å². The molecule has 0 amide bonds. The summed E-state index contributed by atoms with van der Waals surface area (Å²) in [5.41, 5.74) is 3.43. The summed E-state index contributed by atoms with van der Waals surface area (Å²) in [6, 6.07) is 17.3. The molecule has 0 spiro atoms. The molecule has 6 nitrogen and oxygen atoms in total. The van der Waals surface area contributed by atoms with Gasteiger partial charge in [0, 0.05) is 18.7 Å². The van der Waals surface area contributed by atoms with Crippen LogP contribution in [-0.4, -0.2) is 24.8 Å². The van der Waals surface area contributed by atoms with Gasteiger partial charge in [0.2, 0.25) is 10.0 Å². The highest BCUT2D eigenvalue weighted by Crippen LogP contribution is 2.24. The number of hydrogen-bond donors (Lipinski definition) is 1. The summed E-state index contributed by atoms with van der Waals surface area (Å²) in [6.07, 6.45) is 0. The number of H-pyrrole nitrogens is 1. The smallest absolute Gasteiger partial charge is 0.252 e. The maximum absolute atomic E-state index is 13.5. The van der Waals surface area contributed by atoms with E-state index in [2.05, 4.69) is 4.98 Å². The molecule has 0 aliphatic rings. The number of aromatic nitrogens is 1. The van der Waals surface area contributed by atoms with Gasteiger partial charge in [-0.3, -0.25) is 4.79 Å². The van der Waals surface area contributed by atoms with Crippen molar-refractivity contribution in [2.45, 2.75) is 31.8 Å². The molecule has 1 N–H and O–H groups in total. The quantitative estimate of drug-likeness (QED) is 0.416. The van der Waals surface area contributed by atoms with E-state index in [9.17, 15) is 17.6 Å². The molecule has 8 heteroatoms. The molecular weight excluding hydrogens is 455 g/mol. The molecule has 4 rings (SSSR count). The third kappa shape index (κ3) is 4.73. The first-order chi connectivity index (χ1) is 16.2. The van der Waals surface area contributed by atoms with Gasteiger partial charge in [0.1, 0.15) is 11.6 Å². The van der Waals surface area contributed by atoms with E-state index in [4.69, 9.17) is 4.74 Å². The van der Waals surface area contributed by atoms with Gasteiger partial charge in [-0.25, -0.2) is 12.8 Å². The maximum atomic E-state index is 13.5. The van der Waals surface area contributed by atoms with Crippen molar-refractivity contribution in [1.29, 1.82) is 0 Å². The van der Waals surface area contributed by atoms with Crippen LogP contribution in [-0.2, 0) is 23.1 Å². The SMILES string of the molecule is COc1ccc(CN(Cc2cc3ccc(C)c(C)c3[nH]c2=O)S(=O)(=O)c2ccc(F)cc2)cc1. The highest BCUT2D eigenvalue weighted by molar-refractivity contribution is 7.89. The van der Waals surface area contributed by atoms with E-state index in [-0.39, 0.29) is 23.5 Å². The Morgan fingerprint density at radius 2 is 1.62 bits per heavy atom. The molecular formula is C26H25FN2O4S. The molecule has 0 radical (unpaired) electrons. The molecule has 0 aliphatic carbocycles. The second kappa shape index (κ2) is 9.40. The lowest BCUT2D eigenvalue weighted by molar-refractivity contribution is 0.398. The topological polar surface area (TPSA) is 79.5 Å². The van der Waals surface area contributed by atoms with Crippen LogP contribution in [0, 0.1) is 19.7 Å². The van der Waals surface area contributed by atoms with Crippen molar-refractivity contribution < 1.29 is 17.5 Å². The average molecular weight is 481 g/mol. The Balaban J connectivity index is 1.77. The largest absolute Gasteiger partial charge is 0.497 e. The van der Waals surface area contributed by atoms with E-state index < -0.39 is 15.8 Å². The first-order valence-corrected chi connectivity index (χ1v) is 12.1. The summed E-state index contributed by atoms with van der Waals surface area (Å²) in [4.78, 5) is 15.8. The summed E-state index contributed by atoms with van der Waals surface area (Å²) in [5, 5.41) is 0.821. The fourth-order valence-corrected chi connectivity index (χ4v) is 5.20. The Bertz CT molecular complexity index is 1500. The van der Waals surface area contributed by atoms with Gasteiger partial charge >= 0.3 is 0 Å². The second-order valence-corrected chi connectivity index (χ2v) is 10.1. The normalized spacial score (nSPS) is 11.8. The number of benzene rings is 3. The summed E-state index contributed by atoms with van der Waals surface area (Å²) >= 11 is 0. The van der Waals surface area contributed by atoms with Crippen LogP contribution < -0.4 is 10.3 Å². The van der Waals surface area contributed by atoms with Crippen molar-refractivity contribution in [1.82, 2.24) is 9.29 Å². The number of nitrogens with one attached hydrogen (secondary N) is 1. The molecule has 0 atom stereocenters. The number of fused-ring (bicyclic) bond motifs is 1. The summed E-state index contributed by atoms with van der Waals surface area (Å²) in [5.74, 6) is 0.116. The van der Waals surface area contributed by atoms with Crippen LogP contribution in [0.15, 0.2) is 76.4 Å². The van der Waals surface area contributed by atoms with Crippen LogP contribution in [0.4, 0.5) is 4.39 Å². The van der Waals surface area contributed by atoms with Crippen LogP contribution >= 0.6 is 0 Å². The molecule has 0 saturated carbocycles. The minimum atomic E-state index is -4.03. The first-order valence-electron chi connectivity index (χ1n) is 10.7. The van der Waals surface area contributed by atoms with Crippen LogP contribution in [0.25, 0.3) is 10.9 Å². The molecule has 0 fully saturated rings. The van der Waals surface area contributed by atoms with Crippen molar-refractivity contribution in [2.24, 2.45) is 0 Å². The van der Waals surface area contributed by atoms with Crippen molar-refractivity contribution in [3.8, 4) is 5.75 Å². The Kier molecular flexibility index (Phi) is 6.54. The van der Waals surface area contributed by atoms with Gasteiger partial charge in [0.05, 0.1) is 17.5 Å². The number of sulfonamides is 1. The van der Waals surface area contributed by atoms with E-state index in [1.165, 1.54) is 16.4 Å². The van der Waals surface area contributed by atoms with Gasteiger partial charge in [-0.15, -0.1) is 0 Å². The van der Waals surface area contributed by atoms with Crippen LogP contribution in [0.2, 0.25) is 0 Å². The lowest BCUT2D eigenvalue weighted by Gasteiger charge is -2.23. The number of nitrogens with zero attached hydrogens (tertiary/aromatic N) is 1. The van der Waals surface area contributed by atoms with Crippen molar-refractivity contribution in [2.75, 3.05) is 7.11 Å². The standard InChI is InChI=1S/C26H25FN2O4S/c1-17-4-7-20-14-21(26(30)28-25(20)18(17)2)16-29(15-19-5-10-23(33-3)11-6-19)34(31,32)24-12-8-22(27)9-13-24/h4-14H,15-16H2,1-3H3,(H,28,30). The van der Waals surface area contributed by atoms with E-state index in [0.29, 0.717) is 11.3 Å². The molecule has 0 unspecified atom stereocenters. The third-order valence-electron chi connectivity index (χ3n) is 5.94. The fraction of sp³-hybridized carbons (Fsp3) is 0.192. The molecule has 4 aromatic rings. The number of methoxy groups -OCH3 is 1. The molecule has 1 heterocycles. The highest BCUT2D eigenvalue weighted by Gasteiger charge is 2.26. The highest BCUT2D eigenvalue weighted by atomic mass is 32.2. The molecule has 0 saturated heterocycles. The predicted molar refractivity (Wildman–Crippen MR) is 130 cm³/mol. The van der Waals surface area contributed by atoms with Gasteiger partial charge in [-0.2, -0.15) is 4.31 Å². The predicted octanol–water partition coefficient (Wildman–Crippen LogP) is 4.68. The minimum Gasteiger partial charge on any atom is -0.497 e. The lowest BCUT2D eigenvalue weighted by atomic mass is 10.0. The van der Waals surface area contributed by atoms with Crippen LogP contribution in [0.1, 0.15) is 22.3 Å². The number of hydrogen-bond acceptors (Lipinski definition) is 4. The fourth-order valence-electron chi connectivity index (χ4n) is 3.79. The Morgan fingerprint density at radius 3 is 2.26 bits per heavy atom. The molecule has 0 aliphatic heterocycles. The van der Waals surface area contributed by atoms with E-state index in [1.54, 1.807) is 37.4 Å². The van der Waals surface area contributed by atoms with E-state index in [1.807, 2.05) is 26.0 Å². The van der Waals surface area contributed by atoms with Gasteiger partial charge in [0.15, 0.2) is 0 Å². The van der Waals surface area contributed by atoms with Crippen LogP contribution in [0.5, 0.6) is 5.75 Å². The summed E-state index contributed by atoms with van der Waals surface area (Å²) < 4.78 is 46.9. The summed E-state index contributed by atoms with van der Waals surface area (Å²) in [7, 11) is -2.48. The zero-order chi connectivity index (χ0) is 24.5. The van der Waals surface area contributed by atoms with Gasteiger partial charge in [-0.1, -0.05) is 24.3 Å². The zero-order valence-corrected chi connectivity index (χ0v) is 19.9. The number of pyridine rings is 1. The third-order valence-corrected chi connectivity index (χ3v) is 7.75. The Labute approximate surface area is 197 Å². The van der Waals surface area contributed by atoms with Gasteiger partial charge in [-0.05, 0) is 78.4 Å². The number of ether oxygens (including phenoxy) is 1. The number of rotatable bonds is 7. The average Bonchev–Trinajstić information content (AvgIpc) is 2.83. The van der Waals surface area contributed by atoms with Crippen molar-refractivity contribution >= 4 is 20.9 Å². The number of aromatic amines is 1. The summed E-state index contributed by atoms with van der Waals surface area (Å²) in [6.45, 7) is 3.77. The maximum Gasteiger partial charge on any atom is 0.252 e. The first kappa shape index (κ1) is 23.7. The van der Waals surface area contributed by atoms with Gasteiger partial charge < -0.3 is 9.72 Å².